The Kier molecular flexibility index (Phi) is 5.02. The van der Waals surface area contributed by atoms with Gasteiger partial charge in [0, 0.05) is 24.6 Å². The zero-order valence-corrected chi connectivity index (χ0v) is 17.2. The van der Waals surface area contributed by atoms with E-state index >= 15 is 0 Å². The lowest BCUT2D eigenvalue weighted by atomic mass is 10.1. The van der Waals surface area contributed by atoms with Crippen LogP contribution < -0.4 is 10.2 Å². The molecular weight excluding hydrogens is 394 g/mol. The highest BCUT2D eigenvalue weighted by molar-refractivity contribution is 8.01. The third-order valence-electron chi connectivity index (χ3n) is 5.68. The molecule has 0 saturated carbocycles. The van der Waals surface area contributed by atoms with Crippen molar-refractivity contribution in [1.82, 2.24) is 4.90 Å². The number of hydrogen-bond acceptors (Lipinski definition) is 6. The molecule has 1 N–H and O–H groups in total. The molecule has 4 rings (SSSR count). The average Bonchev–Trinajstić information content (AvgIpc) is 3.12. The molecule has 0 aromatic heterocycles. The molecule has 2 fully saturated rings. The van der Waals surface area contributed by atoms with Crippen LogP contribution in [0.15, 0.2) is 24.3 Å². The highest BCUT2D eigenvalue weighted by Crippen LogP contribution is 2.47. The number of amides is 3. The van der Waals surface area contributed by atoms with Crippen LogP contribution in [0, 0.1) is 0 Å². The van der Waals surface area contributed by atoms with Crippen LogP contribution >= 0.6 is 11.8 Å². The Morgan fingerprint density at radius 3 is 2.86 bits per heavy atom. The Hall–Kier alpha value is -2.55. The van der Waals surface area contributed by atoms with Gasteiger partial charge in [0.15, 0.2) is 6.61 Å². The van der Waals surface area contributed by atoms with Crippen LogP contribution in [0.25, 0.3) is 0 Å². The van der Waals surface area contributed by atoms with Crippen LogP contribution in [0.1, 0.15) is 33.1 Å². The molecule has 0 bridgehead atoms. The van der Waals surface area contributed by atoms with E-state index in [4.69, 9.17) is 4.74 Å². The summed E-state index contributed by atoms with van der Waals surface area (Å²) in [5.74, 6) is -0.723. The molecular formula is C20H23N3O5S. The second-order valence-corrected chi connectivity index (χ2v) is 9.26. The van der Waals surface area contributed by atoms with E-state index in [1.807, 2.05) is 6.92 Å². The summed E-state index contributed by atoms with van der Waals surface area (Å²) in [6.07, 6.45) is 1.28. The van der Waals surface area contributed by atoms with Gasteiger partial charge in [-0.05, 0) is 32.4 Å². The van der Waals surface area contributed by atoms with E-state index in [1.165, 1.54) is 4.90 Å². The molecule has 3 atom stereocenters. The second kappa shape index (κ2) is 7.37. The van der Waals surface area contributed by atoms with Gasteiger partial charge in [0.25, 0.3) is 5.91 Å². The first-order valence-corrected chi connectivity index (χ1v) is 10.6. The Bertz CT molecular complexity index is 891. The normalized spacial score (nSPS) is 28.5. The molecule has 9 heteroatoms. The topological polar surface area (TPSA) is 96.0 Å². The number of hydrogen-bond donors (Lipinski definition) is 1. The Morgan fingerprint density at radius 2 is 2.07 bits per heavy atom. The highest BCUT2D eigenvalue weighted by atomic mass is 32.2. The molecule has 3 amide bonds. The molecule has 1 aromatic rings. The summed E-state index contributed by atoms with van der Waals surface area (Å²) in [7, 11) is 0. The van der Waals surface area contributed by atoms with Crippen LogP contribution in [0.3, 0.4) is 0 Å². The van der Waals surface area contributed by atoms with Crippen molar-refractivity contribution in [2.24, 2.45) is 0 Å². The smallest absolute Gasteiger partial charge is 0.330 e. The van der Waals surface area contributed by atoms with Crippen molar-refractivity contribution in [1.29, 1.82) is 0 Å². The fourth-order valence-electron chi connectivity index (χ4n) is 4.26. The predicted molar refractivity (Wildman–Crippen MR) is 108 cm³/mol. The van der Waals surface area contributed by atoms with Crippen molar-refractivity contribution in [2.75, 3.05) is 22.6 Å². The number of nitrogens with one attached hydrogen (secondary N) is 1. The maximum Gasteiger partial charge on any atom is 0.330 e. The quantitative estimate of drug-likeness (QED) is 0.753. The number of benzene rings is 1. The Morgan fingerprint density at radius 1 is 1.31 bits per heavy atom. The maximum atomic E-state index is 12.9. The summed E-state index contributed by atoms with van der Waals surface area (Å²) < 4.78 is 5.33. The fourth-order valence-corrected chi connectivity index (χ4v) is 5.68. The molecule has 0 spiro atoms. The van der Waals surface area contributed by atoms with E-state index in [-0.39, 0.29) is 29.1 Å². The highest BCUT2D eigenvalue weighted by Gasteiger charge is 2.53. The lowest BCUT2D eigenvalue weighted by Gasteiger charge is -2.30. The first-order chi connectivity index (χ1) is 13.8. The summed E-state index contributed by atoms with van der Waals surface area (Å²) in [6, 6.07) is 6.00. The largest absolute Gasteiger partial charge is 0.454 e. The second-order valence-electron chi connectivity index (χ2n) is 7.76. The number of thioether (sulfide) groups is 1. The summed E-state index contributed by atoms with van der Waals surface area (Å²) in [5.41, 5.74) is 1.12. The SMILES string of the molecule is C[C@H]1CC(=O)Nc2ccccc2N1C(=O)COC(=O)[C@@H]1CS[C@@]2(C)CCC(=O)N12. The summed E-state index contributed by atoms with van der Waals surface area (Å²) in [4.78, 5) is 52.6. The number of fused-ring (bicyclic) bond motifs is 2. The Labute approximate surface area is 172 Å². The maximum absolute atomic E-state index is 12.9. The van der Waals surface area contributed by atoms with Crippen molar-refractivity contribution < 1.29 is 23.9 Å². The van der Waals surface area contributed by atoms with Gasteiger partial charge in [-0.3, -0.25) is 14.4 Å². The van der Waals surface area contributed by atoms with E-state index in [9.17, 15) is 19.2 Å². The van der Waals surface area contributed by atoms with Gasteiger partial charge in [-0.2, -0.15) is 0 Å². The van der Waals surface area contributed by atoms with Crippen LogP contribution in [0.2, 0.25) is 0 Å². The van der Waals surface area contributed by atoms with Crippen molar-refractivity contribution >= 4 is 46.8 Å². The van der Waals surface area contributed by atoms with E-state index in [0.717, 1.165) is 0 Å². The van der Waals surface area contributed by atoms with Gasteiger partial charge >= 0.3 is 5.97 Å². The minimum atomic E-state index is -0.662. The molecule has 0 aliphatic carbocycles. The minimum absolute atomic E-state index is 0.0505. The number of rotatable bonds is 3. The molecule has 1 aromatic carbocycles. The third kappa shape index (κ3) is 3.48. The van der Waals surface area contributed by atoms with Crippen LogP contribution in [-0.2, 0) is 23.9 Å². The summed E-state index contributed by atoms with van der Waals surface area (Å²) >= 11 is 1.58. The monoisotopic (exact) mass is 417 g/mol. The van der Waals surface area contributed by atoms with E-state index in [2.05, 4.69) is 5.32 Å². The van der Waals surface area contributed by atoms with Gasteiger partial charge in [0.2, 0.25) is 11.8 Å². The van der Waals surface area contributed by atoms with Gasteiger partial charge in [-0.25, -0.2) is 4.79 Å². The number of nitrogens with zero attached hydrogens (tertiary/aromatic N) is 2. The molecule has 3 heterocycles. The van der Waals surface area contributed by atoms with E-state index in [1.54, 1.807) is 47.9 Å². The molecule has 29 heavy (non-hydrogen) atoms. The molecule has 0 unspecified atom stereocenters. The summed E-state index contributed by atoms with van der Waals surface area (Å²) in [5, 5.41) is 2.79. The number of anilines is 2. The van der Waals surface area contributed by atoms with E-state index in [0.29, 0.717) is 30.0 Å². The van der Waals surface area contributed by atoms with Crippen molar-refractivity contribution in [3.05, 3.63) is 24.3 Å². The van der Waals surface area contributed by atoms with Gasteiger partial charge in [-0.1, -0.05) is 12.1 Å². The zero-order chi connectivity index (χ0) is 20.8. The predicted octanol–water partition coefficient (Wildman–Crippen LogP) is 1.75. The van der Waals surface area contributed by atoms with Gasteiger partial charge < -0.3 is 19.9 Å². The number of ether oxygens (including phenoxy) is 1. The first kappa shape index (κ1) is 19.8. The fraction of sp³-hybridized carbons (Fsp3) is 0.500. The lowest BCUT2D eigenvalue weighted by Crippen LogP contribution is -2.48. The average molecular weight is 417 g/mol. The number of para-hydroxylation sites is 2. The van der Waals surface area contributed by atoms with Crippen molar-refractivity contribution in [3.8, 4) is 0 Å². The molecule has 8 nitrogen and oxygen atoms in total. The van der Waals surface area contributed by atoms with Gasteiger partial charge in [0.05, 0.1) is 16.2 Å². The van der Waals surface area contributed by atoms with Crippen LogP contribution in [-0.4, -0.2) is 57.9 Å². The molecule has 154 valence electrons. The van der Waals surface area contributed by atoms with Gasteiger partial charge in [0.1, 0.15) is 6.04 Å². The lowest BCUT2D eigenvalue weighted by molar-refractivity contribution is -0.155. The third-order valence-corrected chi connectivity index (χ3v) is 7.19. The number of carbonyl (C=O) groups is 4. The zero-order valence-electron chi connectivity index (χ0n) is 16.3. The van der Waals surface area contributed by atoms with Crippen LogP contribution in [0.4, 0.5) is 11.4 Å². The summed E-state index contributed by atoms with van der Waals surface area (Å²) in [6.45, 7) is 3.30. The van der Waals surface area contributed by atoms with Crippen LogP contribution in [0.5, 0.6) is 0 Å². The van der Waals surface area contributed by atoms with E-state index < -0.39 is 24.5 Å². The standard InChI is InChI=1S/C20H23N3O5S/c1-12-9-16(24)21-13-5-3-4-6-14(13)22(12)18(26)10-28-19(27)15-11-29-20(2)8-7-17(25)23(15)20/h3-6,12,15H,7-11H2,1-2H3,(H,21,24)/t12-,15-,20-/m0/s1. The number of carbonyl (C=O) groups excluding carboxylic acids is 4. The number of esters is 1. The first-order valence-electron chi connectivity index (χ1n) is 9.64. The molecule has 3 aliphatic heterocycles. The molecule has 2 saturated heterocycles. The Balaban J connectivity index is 1.46. The molecule has 0 radical (unpaired) electrons. The molecule has 3 aliphatic rings. The van der Waals surface area contributed by atoms with Crippen molar-refractivity contribution in [2.45, 2.75) is 50.1 Å². The van der Waals surface area contributed by atoms with Gasteiger partial charge in [-0.15, -0.1) is 11.8 Å². The minimum Gasteiger partial charge on any atom is -0.454 e. The van der Waals surface area contributed by atoms with Crippen molar-refractivity contribution in [3.63, 3.8) is 0 Å².